The normalized spacial score (nSPS) is 37.6. The van der Waals surface area contributed by atoms with Crippen LogP contribution in [0.5, 0.6) is 0 Å². The minimum absolute atomic E-state index is 0.235. The van der Waals surface area contributed by atoms with E-state index < -0.39 is 0 Å². The van der Waals surface area contributed by atoms with Crippen LogP contribution in [0, 0.1) is 17.2 Å². The molecule has 0 amide bonds. The molecule has 18 heavy (non-hydrogen) atoms. The van der Waals surface area contributed by atoms with Crippen LogP contribution >= 0.6 is 0 Å². The molecule has 1 N–H and O–H groups in total. The molecule has 1 saturated heterocycles. The van der Waals surface area contributed by atoms with Gasteiger partial charge >= 0.3 is 0 Å². The molecular weight excluding hydrogens is 222 g/mol. The Morgan fingerprint density at radius 2 is 2.28 bits per heavy atom. The van der Waals surface area contributed by atoms with Gasteiger partial charge in [0.25, 0.3) is 0 Å². The van der Waals surface area contributed by atoms with Crippen LogP contribution in [0.3, 0.4) is 0 Å². The molecule has 0 aromatic rings. The Balaban J connectivity index is 1.92. The second-order valence-electron chi connectivity index (χ2n) is 6.26. The summed E-state index contributed by atoms with van der Waals surface area (Å²) < 4.78 is 0. The number of hydrogen-bond donors (Lipinski definition) is 1. The third-order valence-corrected chi connectivity index (χ3v) is 4.62. The maximum atomic E-state index is 9.48. The monoisotopic (exact) mass is 249 g/mol. The van der Waals surface area contributed by atoms with Gasteiger partial charge in [0, 0.05) is 12.6 Å². The topological polar surface area (TPSA) is 39.1 Å². The molecule has 0 spiro atoms. The zero-order valence-corrected chi connectivity index (χ0v) is 11.9. The lowest BCUT2D eigenvalue weighted by molar-refractivity contribution is 0.128. The van der Waals surface area contributed by atoms with E-state index in [-0.39, 0.29) is 5.54 Å². The van der Waals surface area contributed by atoms with Crippen LogP contribution in [0.1, 0.15) is 52.4 Å². The summed E-state index contributed by atoms with van der Waals surface area (Å²) in [5.74, 6) is 0.833. The number of piperidine rings is 1. The van der Waals surface area contributed by atoms with Gasteiger partial charge in [-0.15, -0.1) is 0 Å². The lowest BCUT2D eigenvalue weighted by Gasteiger charge is -2.36. The first kappa shape index (κ1) is 13.8. The highest BCUT2D eigenvalue weighted by Crippen LogP contribution is 2.34. The van der Waals surface area contributed by atoms with Crippen molar-refractivity contribution in [1.82, 2.24) is 10.2 Å². The summed E-state index contributed by atoms with van der Waals surface area (Å²) in [6.07, 6.45) is 7.06. The number of nitrogens with zero attached hydrogens (tertiary/aromatic N) is 2. The summed E-state index contributed by atoms with van der Waals surface area (Å²) in [4.78, 5) is 2.64. The molecule has 2 fully saturated rings. The molecular formula is C15H27N3. The highest BCUT2D eigenvalue weighted by atomic mass is 15.2. The van der Waals surface area contributed by atoms with Crippen molar-refractivity contribution < 1.29 is 0 Å². The number of nitriles is 1. The number of nitrogens with one attached hydrogen (secondary N) is 1. The van der Waals surface area contributed by atoms with Crippen molar-refractivity contribution in [3.05, 3.63) is 0 Å². The second-order valence-corrected chi connectivity index (χ2v) is 6.26. The minimum atomic E-state index is -0.235. The minimum Gasteiger partial charge on any atom is -0.300 e. The fourth-order valence-corrected chi connectivity index (χ4v) is 3.55. The predicted octanol–water partition coefficient (Wildman–Crippen LogP) is 2.53. The maximum absolute atomic E-state index is 9.48. The van der Waals surface area contributed by atoms with Gasteiger partial charge in [0.05, 0.1) is 6.07 Å². The quantitative estimate of drug-likeness (QED) is 0.832. The van der Waals surface area contributed by atoms with E-state index in [9.17, 15) is 5.26 Å². The molecule has 1 heterocycles. The molecule has 0 bridgehead atoms. The summed E-state index contributed by atoms with van der Waals surface area (Å²) in [7, 11) is 0. The van der Waals surface area contributed by atoms with Crippen molar-refractivity contribution in [3.63, 3.8) is 0 Å². The smallest absolute Gasteiger partial charge is 0.108 e. The SMILES string of the molecule is CCCNC1(C#N)CCC(N2CCCC(C)C2)C1. The Kier molecular flexibility index (Phi) is 4.64. The fourth-order valence-electron chi connectivity index (χ4n) is 3.55. The van der Waals surface area contributed by atoms with Crippen molar-refractivity contribution in [2.24, 2.45) is 5.92 Å². The zero-order chi connectivity index (χ0) is 13.0. The van der Waals surface area contributed by atoms with E-state index in [0.29, 0.717) is 6.04 Å². The van der Waals surface area contributed by atoms with Crippen LogP contribution in [-0.2, 0) is 0 Å². The van der Waals surface area contributed by atoms with Crippen molar-refractivity contribution >= 4 is 0 Å². The molecule has 3 atom stereocenters. The van der Waals surface area contributed by atoms with Gasteiger partial charge in [-0.25, -0.2) is 0 Å². The molecule has 1 aliphatic carbocycles. The average Bonchev–Trinajstić information content (AvgIpc) is 2.82. The van der Waals surface area contributed by atoms with Crippen LogP contribution in [-0.4, -0.2) is 36.1 Å². The van der Waals surface area contributed by atoms with Crippen LogP contribution in [0.25, 0.3) is 0 Å². The van der Waals surface area contributed by atoms with Gasteiger partial charge in [0.1, 0.15) is 5.54 Å². The first-order chi connectivity index (χ1) is 8.69. The van der Waals surface area contributed by atoms with Crippen molar-refractivity contribution in [1.29, 1.82) is 5.26 Å². The molecule has 1 aliphatic heterocycles. The van der Waals surface area contributed by atoms with E-state index in [1.54, 1.807) is 0 Å². The van der Waals surface area contributed by atoms with Crippen LogP contribution in [0.4, 0.5) is 0 Å². The van der Waals surface area contributed by atoms with Crippen molar-refractivity contribution in [3.8, 4) is 6.07 Å². The predicted molar refractivity (Wildman–Crippen MR) is 74.2 cm³/mol. The molecule has 1 saturated carbocycles. The van der Waals surface area contributed by atoms with E-state index >= 15 is 0 Å². The summed E-state index contributed by atoms with van der Waals surface area (Å²) in [6.45, 7) is 7.96. The van der Waals surface area contributed by atoms with Gasteiger partial charge in [0.15, 0.2) is 0 Å². The van der Waals surface area contributed by atoms with Crippen LogP contribution in [0.15, 0.2) is 0 Å². The summed E-state index contributed by atoms with van der Waals surface area (Å²) >= 11 is 0. The van der Waals surface area contributed by atoms with Crippen LogP contribution in [0.2, 0.25) is 0 Å². The lowest BCUT2D eigenvalue weighted by atomic mass is 9.96. The molecule has 3 heteroatoms. The van der Waals surface area contributed by atoms with Crippen molar-refractivity contribution in [2.75, 3.05) is 19.6 Å². The van der Waals surface area contributed by atoms with Gasteiger partial charge < -0.3 is 4.90 Å². The van der Waals surface area contributed by atoms with E-state index in [4.69, 9.17) is 0 Å². The van der Waals surface area contributed by atoms with Gasteiger partial charge in [-0.1, -0.05) is 13.8 Å². The molecule has 0 aromatic carbocycles. The van der Waals surface area contributed by atoms with Crippen molar-refractivity contribution in [2.45, 2.75) is 64.0 Å². The Morgan fingerprint density at radius 1 is 1.44 bits per heavy atom. The first-order valence-corrected chi connectivity index (χ1v) is 7.59. The van der Waals surface area contributed by atoms with Gasteiger partial charge in [-0.05, 0) is 57.5 Å². The Hall–Kier alpha value is -0.590. The lowest BCUT2D eigenvalue weighted by Crippen LogP contribution is -2.46. The Labute approximate surface area is 112 Å². The standard InChI is InChI=1S/C15H27N3/c1-3-8-17-15(12-16)7-6-14(10-15)18-9-4-5-13(2)11-18/h13-14,17H,3-11H2,1-2H3. The van der Waals surface area contributed by atoms with E-state index in [2.05, 4.69) is 30.1 Å². The van der Waals surface area contributed by atoms with Crippen LogP contribution < -0.4 is 5.32 Å². The fraction of sp³-hybridized carbons (Fsp3) is 0.933. The molecule has 102 valence electrons. The van der Waals surface area contributed by atoms with Gasteiger partial charge in [-0.2, -0.15) is 5.26 Å². The summed E-state index contributed by atoms with van der Waals surface area (Å²) in [5.41, 5.74) is -0.235. The number of hydrogen-bond acceptors (Lipinski definition) is 3. The second kappa shape index (κ2) is 6.04. The van der Waals surface area contributed by atoms with E-state index in [0.717, 1.165) is 31.7 Å². The van der Waals surface area contributed by atoms with Gasteiger partial charge in [0.2, 0.25) is 0 Å². The Morgan fingerprint density at radius 3 is 2.94 bits per heavy atom. The molecule has 3 nitrogen and oxygen atoms in total. The molecule has 0 aromatic heterocycles. The third kappa shape index (κ3) is 3.05. The summed E-state index contributed by atoms with van der Waals surface area (Å²) in [6, 6.07) is 3.19. The van der Waals surface area contributed by atoms with E-state index in [1.807, 2.05) is 0 Å². The first-order valence-electron chi connectivity index (χ1n) is 7.59. The molecule has 2 rings (SSSR count). The maximum Gasteiger partial charge on any atom is 0.108 e. The molecule has 0 radical (unpaired) electrons. The average molecular weight is 249 g/mol. The Bertz CT molecular complexity index is 309. The van der Waals surface area contributed by atoms with Gasteiger partial charge in [-0.3, -0.25) is 5.32 Å². The largest absolute Gasteiger partial charge is 0.300 e. The number of likely N-dealkylation sites (tertiary alicyclic amines) is 1. The number of rotatable bonds is 4. The highest BCUT2D eigenvalue weighted by molar-refractivity contribution is 5.13. The zero-order valence-electron chi connectivity index (χ0n) is 11.9. The molecule has 2 aliphatic rings. The summed E-state index contributed by atoms with van der Waals surface area (Å²) in [5, 5.41) is 13.0. The molecule has 3 unspecified atom stereocenters. The highest BCUT2D eigenvalue weighted by Gasteiger charge is 2.41. The van der Waals surface area contributed by atoms with E-state index in [1.165, 1.54) is 32.4 Å². The third-order valence-electron chi connectivity index (χ3n) is 4.62.